The molecule has 0 aromatic heterocycles. The Bertz CT molecular complexity index is 770. The van der Waals surface area contributed by atoms with Crippen molar-refractivity contribution >= 4 is 11.9 Å². The third kappa shape index (κ3) is 3.50. The number of hydrogen-bond donors (Lipinski definition) is 0. The van der Waals surface area contributed by atoms with E-state index in [0.29, 0.717) is 12.5 Å². The molecule has 1 aromatic rings. The molecule has 0 radical (unpaired) electrons. The summed E-state index contributed by atoms with van der Waals surface area (Å²) in [5.41, 5.74) is 2.25. The lowest BCUT2D eigenvalue weighted by Gasteiger charge is -2.38. The highest BCUT2D eigenvalue weighted by molar-refractivity contribution is 6.32. The smallest absolute Gasteiger partial charge is 0.396 e. The molecule has 3 heterocycles. The van der Waals surface area contributed by atoms with Crippen LogP contribution in [-0.4, -0.2) is 61.1 Å². The summed E-state index contributed by atoms with van der Waals surface area (Å²) in [5.74, 6) is 0.0323. The quantitative estimate of drug-likeness (QED) is 0.548. The van der Waals surface area contributed by atoms with Gasteiger partial charge in [0.2, 0.25) is 0 Å². The molecule has 28 heavy (non-hydrogen) atoms. The first-order valence-electron chi connectivity index (χ1n) is 10.3. The average Bonchev–Trinajstić information content (AvgIpc) is 3.06. The molecule has 3 aliphatic heterocycles. The molecular formula is C22H30N2O4. The third-order valence-corrected chi connectivity index (χ3v) is 6.65. The minimum Gasteiger partial charge on any atom is -0.487 e. The first-order chi connectivity index (χ1) is 13.4. The second-order valence-electron chi connectivity index (χ2n) is 8.78. The third-order valence-electron chi connectivity index (χ3n) is 6.65. The van der Waals surface area contributed by atoms with Crippen molar-refractivity contribution in [3.05, 3.63) is 29.3 Å². The molecule has 0 N–H and O–H groups in total. The van der Waals surface area contributed by atoms with Gasteiger partial charge in [-0.25, -0.2) is 4.79 Å². The Hall–Kier alpha value is -2.08. The molecule has 152 valence electrons. The molecule has 1 amide bonds. The number of amides is 1. The molecule has 2 saturated heterocycles. The van der Waals surface area contributed by atoms with E-state index in [1.807, 2.05) is 0 Å². The van der Waals surface area contributed by atoms with E-state index in [1.165, 1.54) is 12.7 Å². The van der Waals surface area contributed by atoms with Crippen LogP contribution in [-0.2, 0) is 20.7 Å². The van der Waals surface area contributed by atoms with E-state index in [0.717, 1.165) is 56.5 Å². The van der Waals surface area contributed by atoms with Crippen LogP contribution in [0.2, 0.25) is 0 Å². The molecule has 6 nitrogen and oxygen atoms in total. The Labute approximate surface area is 166 Å². The first kappa shape index (κ1) is 19.2. The van der Waals surface area contributed by atoms with Gasteiger partial charge in [-0.2, -0.15) is 0 Å². The van der Waals surface area contributed by atoms with E-state index >= 15 is 0 Å². The fourth-order valence-electron chi connectivity index (χ4n) is 4.89. The highest BCUT2D eigenvalue weighted by Gasteiger charge is 2.42. The molecule has 3 aliphatic rings. The molecule has 0 bridgehead atoms. The van der Waals surface area contributed by atoms with Gasteiger partial charge in [-0.1, -0.05) is 13.0 Å². The highest BCUT2D eigenvalue weighted by atomic mass is 16.5. The Kier molecular flexibility index (Phi) is 5.08. The fraction of sp³-hybridized carbons (Fsp3) is 0.636. The summed E-state index contributed by atoms with van der Waals surface area (Å²) in [5, 5.41) is 0. The molecule has 0 aliphatic carbocycles. The summed E-state index contributed by atoms with van der Waals surface area (Å²) in [6.07, 6.45) is 4.92. The molecule has 6 heteroatoms. The van der Waals surface area contributed by atoms with Crippen LogP contribution in [0.5, 0.6) is 5.75 Å². The number of methoxy groups -OCH3 is 1. The normalized spacial score (nSPS) is 26.6. The van der Waals surface area contributed by atoms with Gasteiger partial charge in [0, 0.05) is 38.9 Å². The van der Waals surface area contributed by atoms with Crippen molar-refractivity contribution in [2.45, 2.75) is 50.7 Å². The number of likely N-dealkylation sites (tertiary alicyclic amines) is 2. The molecule has 4 rings (SSSR count). The first-order valence-corrected chi connectivity index (χ1v) is 10.3. The molecule has 1 spiro atoms. The minimum absolute atomic E-state index is 0.0733. The number of esters is 1. The lowest BCUT2D eigenvalue weighted by atomic mass is 9.85. The van der Waals surface area contributed by atoms with E-state index in [9.17, 15) is 9.59 Å². The molecule has 0 saturated carbocycles. The van der Waals surface area contributed by atoms with Crippen LogP contribution in [0.4, 0.5) is 0 Å². The molecule has 2 fully saturated rings. The van der Waals surface area contributed by atoms with Crippen LogP contribution in [0.15, 0.2) is 18.2 Å². The second kappa shape index (κ2) is 7.39. The standard InChI is InChI=1S/C22H30N2O4/c1-15-4-6-18(24(14-15)20(25)21(26)27-3)16-5-7-19-17(12-16)13-22(28-19)8-10-23(2)11-9-22/h5,7,12,15,18H,4,6,8-11,13-14H2,1-3H3. The van der Waals surface area contributed by atoms with Gasteiger partial charge in [-0.05, 0) is 49.1 Å². The van der Waals surface area contributed by atoms with E-state index in [-0.39, 0.29) is 11.6 Å². The number of piperidine rings is 2. The predicted molar refractivity (Wildman–Crippen MR) is 105 cm³/mol. The highest BCUT2D eigenvalue weighted by Crippen LogP contribution is 2.43. The van der Waals surface area contributed by atoms with Crippen LogP contribution >= 0.6 is 0 Å². The van der Waals surface area contributed by atoms with Crippen LogP contribution in [0.1, 0.15) is 49.8 Å². The van der Waals surface area contributed by atoms with Crippen LogP contribution in [0.25, 0.3) is 0 Å². The van der Waals surface area contributed by atoms with Crippen molar-refractivity contribution in [2.75, 3.05) is 33.8 Å². The summed E-state index contributed by atoms with van der Waals surface area (Å²) >= 11 is 0. The summed E-state index contributed by atoms with van der Waals surface area (Å²) in [6.45, 7) is 4.82. The Balaban J connectivity index is 1.57. The number of carbonyl (C=O) groups is 2. The number of carbonyl (C=O) groups excluding carboxylic acids is 2. The minimum atomic E-state index is -0.783. The van der Waals surface area contributed by atoms with Gasteiger partial charge in [0.25, 0.3) is 0 Å². The monoisotopic (exact) mass is 386 g/mol. The van der Waals surface area contributed by atoms with Gasteiger partial charge in [0.05, 0.1) is 13.2 Å². The lowest BCUT2D eigenvalue weighted by molar-refractivity contribution is -0.160. The van der Waals surface area contributed by atoms with Gasteiger partial charge in [-0.15, -0.1) is 0 Å². The summed E-state index contributed by atoms with van der Waals surface area (Å²) in [6, 6.07) is 6.23. The maximum absolute atomic E-state index is 12.6. The number of fused-ring (bicyclic) bond motifs is 1. The van der Waals surface area contributed by atoms with Crippen LogP contribution < -0.4 is 4.74 Å². The zero-order valence-corrected chi connectivity index (χ0v) is 17.1. The maximum atomic E-state index is 12.6. The van der Waals surface area contributed by atoms with E-state index in [2.05, 4.69) is 41.8 Å². The van der Waals surface area contributed by atoms with E-state index in [4.69, 9.17) is 4.74 Å². The largest absolute Gasteiger partial charge is 0.487 e. The number of nitrogens with zero attached hydrogens (tertiary/aromatic N) is 2. The molecular weight excluding hydrogens is 356 g/mol. The molecule has 1 aromatic carbocycles. The summed E-state index contributed by atoms with van der Waals surface area (Å²) < 4.78 is 11.1. The van der Waals surface area contributed by atoms with Gasteiger partial charge in [0.1, 0.15) is 11.4 Å². The SMILES string of the molecule is COC(=O)C(=O)N1CC(C)CCC1c1ccc2c(c1)CC1(CCN(C)CC1)O2. The Morgan fingerprint density at radius 2 is 1.96 bits per heavy atom. The van der Waals surface area contributed by atoms with Gasteiger partial charge in [0.15, 0.2) is 0 Å². The topological polar surface area (TPSA) is 59.1 Å². The number of rotatable bonds is 1. The van der Waals surface area contributed by atoms with Crippen molar-refractivity contribution in [3.8, 4) is 5.75 Å². The van der Waals surface area contributed by atoms with Crippen molar-refractivity contribution in [1.82, 2.24) is 9.80 Å². The zero-order chi connectivity index (χ0) is 19.9. The summed E-state index contributed by atoms with van der Waals surface area (Å²) in [7, 11) is 3.42. The maximum Gasteiger partial charge on any atom is 0.396 e. The lowest BCUT2D eigenvalue weighted by Crippen LogP contribution is -2.45. The number of benzene rings is 1. The Morgan fingerprint density at radius 3 is 2.68 bits per heavy atom. The fourth-order valence-corrected chi connectivity index (χ4v) is 4.89. The average molecular weight is 386 g/mol. The van der Waals surface area contributed by atoms with Crippen LogP contribution in [0.3, 0.4) is 0 Å². The summed E-state index contributed by atoms with van der Waals surface area (Å²) in [4.78, 5) is 28.5. The van der Waals surface area contributed by atoms with Gasteiger partial charge < -0.3 is 19.3 Å². The van der Waals surface area contributed by atoms with E-state index < -0.39 is 11.9 Å². The molecule has 2 unspecified atom stereocenters. The number of hydrogen-bond acceptors (Lipinski definition) is 5. The van der Waals surface area contributed by atoms with Gasteiger partial charge >= 0.3 is 11.9 Å². The van der Waals surface area contributed by atoms with E-state index in [1.54, 1.807) is 4.90 Å². The predicted octanol–water partition coefficient (Wildman–Crippen LogP) is 2.56. The van der Waals surface area contributed by atoms with Gasteiger partial charge in [-0.3, -0.25) is 4.79 Å². The van der Waals surface area contributed by atoms with Crippen molar-refractivity contribution in [2.24, 2.45) is 5.92 Å². The van der Waals surface area contributed by atoms with Crippen LogP contribution in [0, 0.1) is 5.92 Å². The number of ether oxygens (including phenoxy) is 2. The second-order valence-corrected chi connectivity index (χ2v) is 8.78. The van der Waals surface area contributed by atoms with Crippen molar-refractivity contribution in [1.29, 1.82) is 0 Å². The van der Waals surface area contributed by atoms with Crippen molar-refractivity contribution in [3.63, 3.8) is 0 Å². The zero-order valence-electron chi connectivity index (χ0n) is 17.1. The molecule has 2 atom stereocenters. The Morgan fingerprint density at radius 1 is 1.21 bits per heavy atom. The van der Waals surface area contributed by atoms with Crippen molar-refractivity contribution < 1.29 is 19.1 Å².